The molecule has 2 aliphatic carbocycles. The summed E-state index contributed by atoms with van der Waals surface area (Å²) in [6.07, 6.45) is 14.7. The van der Waals surface area contributed by atoms with Gasteiger partial charge < -0.3 is 10.2 Å². The van der Waals surface area contributed by atoms with Crippen LogP contribution in [0.15, 0.2) is 55.0 Å². The number of anilines is 2. The van der Waals surface area contributed by atoms with Gasteiger partial charge in [0.25, 0.3) is 0 Å². The van der Waals surface area contributed by atoms with Crippen molar-refractivity contribution in [2.75, 3.05) is 23.3 Å². The Morgan fingerprint density at radius 3 is 2.78 bits per heavy atom. The Bertz CT molecular complexity index is 1320. The zero-order chi connectivity index (χ0) is 25.2. The van der Waals surface area contributed by atoms with Crippen LogP contribution in [-0.4, -0.2) is 33.8 Å². The lowest BCUT2D eigenvalue weighted by molar-refractivity contribution is -0.123. The second-order valence-corrected chi connectivity index (χ2v) is 10.9. The van der Waals surface area contributed by atoms with E-state index in [0.29, 0.717) is 13.0 Å². The molecule has 7 heteroatoms. The van der Waals surface area contributed by atoms with E-state index in [1.807, 2.05) is 18.3 Å². The highest BCUT2D eigenvalue weighted by Crippen LogP contribution is 2.51. The number of hydrogen-bond donors (Lipinski definition) is 1. The van der Waals surface area contributed by atoms with Gasteiger partial charge in [0.15, 0.2) is 0 Å². The van der Waals surface area contributed by atoms with Crippen LogP contribution < -0.4 is 10.2 Å². The number of nitriles is 1. The first kappa shape index (κ1) is 23.7. The molecule has 3 aliphatic rings. The maximum absolute atomic E-state index is 13.1. The topological polar surface area (TPSA) is 86.8 Å². The molecule has 2 saturated carbocycles. The first-order chi connectivity index (χ1) is 18.1. The normalized spacial score (nSPS) is 21.9. The maximum atomic E-state index is 13.1. The molecule has 37 heavy (non-hydrogen) atoms. The fourth-order valence-corrected chi connectivity index (χ4v) is 6.13. The number of amides is 1. The van der Waals surface area contributed by atoms with Crippen LogP contribution >= 0.6 is 0 Å². The van der Waals surface area contributed by atoms with Gasteiger partial charge in [0, 0.05) is 49.3 Å². The number of carbonyl (C=O) groups excluding carboxylic acids is 1. The maximum Gasteiger partial charge on any atom is 0.247 e. The summed E-state index contributed by atoms with van der Waals surface area (Å²) in [6, 6.07) is 14.8. The van der Waals surface area contributed by atoms with Crippen LogP contribution in [0.25, 0.3) is 11.1 Å². The molecule has 1 atom stereocenters. The van der Waals surface area contributed by atoms with Crippen LogP contribution in [0.5, 0.6) is 0 Å². The van der Waals surface area contributed by atoms with Crippen molar-refractivity contribution in [1.29, 1.82) is 5.26 Å². The van der Waals surface area contributed by atoms with Crippen molar-refractivity contribution in [3.05, 3.63) is 60.6 Å². The minimum Gasteiger partial charge on any atom is -0.370 e. The van der Waals surface area contributed by atoms with E-state index in [4.69, 9.17) is 0 Å². The quantitative estimate of drug-likeness (QED) is 0.428. The third-order valence-corrected chi connectivity index (χ3v) is 8.42. The molecule has 3 heterocycles. The summed E-state index contributed by atoms with van der Waals surface area (Å²) in [4.78, 5) is 19.4. The number of aromatic nitrogens is 3. The Morgan fingerprint density at radius 2 is 1.97 bits per heavy atom. The third-order valence-electron chi connectivity index (χ3n) is 8.42. The molecule has 0 radical (unpaired) electrons. The van der Waals surface area contributed by atoms with Crippen LogP contribution in [0.2, 0.25) is 0 Å². The Morgan fingerprint density at radius 1 is 1.11 bits per heavy atom. The van der Waals surface area contributed by atoms with Crippen molar-refractivity contribution in [2.45, 2.75) is 57.9 Å². The monoisotopic (exact) mass is 494 g/mol. The zero-order valence-electron chi connectivity index (χ0n) is 21.3. The predicted molar refractivity (Wildman–Crippen MR) is 144 cm³/mol. The average molecular weight is 495 g/mol. The van der Waals surface area contributed by atoms with Crippen molar-refractivity contribution in [2.24, 2.45) is 17.3 Å². The fraction of sp³-hybridized carbons (Fsp3) is 0.467. The summed E-state index contributed by atoms with van der Waals surface area (Å²) in [6.45, 7) is 2.35. The molecule has 0 unspecified atom stereocenters. The molecule has 1 amide bonds. The van der Waals surface area contributed by atoms with Crippen molar-refractivity contribution < 1.29 is 4.79 Å². The molecule has 2 aromatic heterocycles. The van der Waals surface area contributed by atoms with Gasteiger partial charge in [-0.2, -0.15) is 10.4 Å². The molecule has 1 aliphatic heterocycles. The van der Waals surface area contributed by atoms with E-state index in [1.54, 1.807) is 11.1 Å². The Kier molecular flexibility index (Phi) is 6.42. The first-order valence-corrected chi connectivity index (χ1v) is 13.7. The molecule has 3 aromatic rings. The summed E-state index contributed by atoms with van der Waals surface area (Å²) in [7, 11) is 0. The lowest BCUT2D eigenvalue weighted by Crippen LogP contribution is -2.35. The molecular formula is C30H34N6O. The third kappa shape index (κ3) is 4.85. The van der Waals surface area contributed by atoms with Crippen molar-refractivity contribution >= 4 is 17.4 Å². The van der Waals surface area contributed by atoms with Gasteiger partial charge in [-0.15, -0.1) is 0 Å². The average Bonchev–Trinajstić information content (AvgIpc) is 3.31. The molecule has 1 N–H and O–H groups in total. The standard InChI is InChI=1S/C30H34N6O/c31-21-30(26-8-9-26)12-15-36(29(30)37)27-11-14-33-28(17-27)32-13-10-22-6-3-7-24(16-22)25-18-34-35(20-25)19-23-4-1-2-5-23/h3,6-7,11,14,16-18,20,23,26H,1-2,4-5,8-10,12-13,15,19H2,(H,32,33)/t30-/m1/s1. The Balaban J connectivity index is 1.06. The van der Waals surface area contributed by atoms with Gasteiger partial charge in [0.1, 0.15) is 11.2 Å². The van der Waals surface area contributed by atoms with Crippen LogP contribution in [0, 0.1) is 28.6 Å². The largest absolute Gasteiger partial charge is 0.370 e. The van der Waals surface area contributed by atoms with Crippen LogP contribution in [0.4, 0.5) is 11.5 Å². The molecule has 3 fully saturated rings. The summed E-state index contributed by atoms with van der Waals surface area (Å²) >= 11 is 0. The molecule has 1 aromatic carbocycles. The highest BCUT2D eigenvalue weighted by molar-refractivity contribution is 6.02. The smallest absolute Gasteiger partial charge is 0.247 e. The van der Waals surface area contributed by atoms with Gasteiger partial charge in [-0.3, -0.25) is 9.48 Å². The zero-order valence-corrected chi connectivity index (χ0v) is 21.3. The molecule has 6 rings (SSSR count). The molecular weight excluding hydrogens is 460 g/mol. The van der Waals surface area contributed by atoms with E-state index in [2.05, 4.69) is 56.6 Å². The number of nitrogens with one attached hydrogen (secondary N) is 1. The van der Waals surface area contributed by atoms with Crippen LogP contribution in [-0.2, 0) is 17.8 Å². The van der Waals surface area contributed by atoms with E-state index in [1.165, 1.54) is 36.8 Å². The first-order valence-electron chi connectivity index (χ1n) is 13.7. The van der Waals surface area contributed by atoms with Crippen molar-refractivity contribution in [1.82, 2.24) is 14.8 Å². The van der Waals surface area contributed by atoms with Gasteiger partial charge >= 0.3 is 0 Å². The molecule has 0 bridgehead atoms. The number of carbonyl (C=O) groups is 1. The predicted octanol–water partition coefficient (Wildman–Crippen LogP) is 5.45. The molecule has 190 valence electrons. The second-order valence-electron chi connectivity index (χ2n) is 10.9. The van der Waals surface area contributed by atoms with E-state index in [0.717, 1.165) is 55.3 Å². The highest BCUT2D eigenvalue weighted by atomic mass is 16.2. The lowest BCUT2D eigenvalue weighted by atomic mass is 9.83. The van der Waals surface area contributed by atoms with Gasteiger partial charge in [0.05, 0.1) is 12.3 Å². The number of benzene rings is 1. The van der Waals surface area contributed by atoms with Gasteiger partial charge in [-0.05, 0) is 67.6 Å². The summed E-state index contributed by atoms with van der Waals surface area (Å²) < 4.78 is 2.11. The number of hydrogen-bond acceptors (Lipinski definition) is 5. The summed E-state index contributed by atoms with van der Waals surface area (Å²) in [5, 5.41) is 17.8. The van der Waals surface area contributed by atoms with E-state index in [9.17, 15) is 10.1 Å². The molecule has 1 saturated heterocycles. The lowest BCUT2D eigenvalue weighted by Gasteiger charge is -2.21. The van der Waals surface area contributed by atoms with Crippen molar-refractivity contribution in [3.63, 3.8) is 0 Å². The number of rotatable bonds is 9. The van der Waals surface area contributed by atoms with Gasteiger partial charge in [-0.25, -0.2) is 4.98 Å². The number of pyridine rings is 1. The Hall–Kier alpha value is -3.66. The Labute approximate surface area is 218 Å². The minimum atomic E-state index is -0.825. The van der Waals surface area contributed by atoms with Crippen molar-refractivity contribution in [3.8, 4) is 17.2 Å². The van der Waals surface area contributed by atoms with Crippen LogP contribution in [0.3, 0.4) is 0 Å². The van der Waals surface area contributed by atoms with Gasteiger partial charge in [-0.1, -0.05) is 37.1 Å². The summed E-state index contributed by atoms with van der Waals surface area (Å²) in [5.74, 6) is 1.70. The van der Waals surface area contributed by atoms with Crippen LogP contribution in [0.1, 0.15) is 50.5 Å². The highest BCUT2D eigenvalue weighted by Gasteiger charge is 2.56. The van der Waals surface area contributed by atoms with E-state index >= 15 is 0 Å². The van der Waals surface area contributed by atoms with Gasteiger partial charge in [0.2, 0.25) is 5.91 Å². The second kappa shape index (κ2) is 10.0. The minimum absolute atomic E-state index is 0.0435. The summed E-state index contributed by atoms with van der Waals surface area (Å²) in [5.41, 5.74) is 3.60. The molecule has 0 spiro atoms. The van der Waals surface area contributed by atoms with E-state index < -0.39 is 5.41 Å². The fourth-order valence-electron chi connectivity index (χ4n) is 6.13. The number of nitrogens with zero attached hydrogens (tertiary/aromatic N) is 5. The molecule has 7 nitrogen and oxygen atoms in total. The SMILES string of the molecule is N#C[C@@]1(C2CC2)CCN(c2ccnc(NCCc3cccc(-c4cnn(CC5CCCC5)c4)c3)c2)C1=O. The van der Waals surface area contributed by atoms with E-state index in [-0.39, 0.29) is 11.8 Å².